The molecule has 1 N–H and O–H groups in total. The first-order chi connectivity index (χ1) is 13.2. The molecular formula is C17H15F3N4O4. The first kappa shape index (κ1) is 19.5. The molecule has 0 saturated carbocycles. The third-order valence-corrected chi connectivity index (χ3v) is 4.59. The zero-order valence-corrected chi connectivity index (χ0v) is 14.4. The van der Waals surface area contributed by atoms with E-state index in [9.17, 15) is 28.1 Å². The van der Waals surface area contributed by atoms with Crippen molar-refractivity contribution in [1.29, 1.82) is 0 Å². The average Bonchev–Trinajstić information content (AvgIpc) is 2.67. The van der Waals surface area contributed by atoms with E-state index in [1.807, 2.05) is 0 Å². The van der Waals surface area contributed by atoms with Crippen LogP contribution in [-0.2, 0) is 11.0 Å². The van der Waals surface area contributed by atoms with Gasteiger partial charge in [-0.3, -0.25) is 14.9 Å². The Labute approximate surface area is 156 Å². The first-order valence-corrected chi connectivity index (χ1v) is 8.33. The molecule has 3 rings (SSSR count). The van der Waals surface area contributed by atoms with Gasteiger partial charge in [-0.05, 0) is 25.0 Å². The van der Waals surface area contributed by atoms with Crippen LogP contribution in [0.2, 0.25) is 0 Å². The number of aliphatic carboxylic acids is 1. The molecule has 28 heavy (non-hydrogen) atoms. The smallest absolute Gasteiger partial charge is 0.416 e. The fraction of sp³-hybridized carbons (Fsp3) is 0.353. The van der Waals surface area contributed by atoms with Gasteiger partial charge in [-0.1, -0.05) is 12.1 Å². The molecule has 2 aromatic rings. The average molecular weight is 396 g/mol. The van der Waals surface area contributed by atoms with Gasteiger partial charge in [-0.2, -0.15) is 13.2 Å². The highest BCUT2D eigenvalue weighted by atomic mass is 19.4. The Kier molecular flexibility index (Phi) is 5.16. The van der Waals surface area contributed by atoms with E-state index < -0.39 is 34.2 Å². The Hall–Kier alpha value is -3.24. The van der Waals surface area contributed by atoms with E-state index in [1.165, 1.54) is 6.07 Å². The van der Waals surface area contributed by atoms with Gasteiger partial charge in [0, 0.05) is 18.7 Å². The van der Waals surface area contributed by atoms with Crippen LogP contribution in [0.1, 0.15) is 18.4 Å². The van der Waals surface area contributed by atoms with E-state index in [0.29, 0.717) is 0 Å². The topological polar surface area (TPSA) is 109 Å². The number of carboxylic acid groups (broad SMARTS) is 1. The number of carbonyl (C=O) groups is 1. The molecule has 1 saturated heterocycles. The fourth-order valence-electron chi connectivity index (χ4n) is 3.16. The maximum atomic E-state index is 13.0. The number of piperidine rings is 1. The van der Waals surface area contributed by atoms with Crippen molar-refractivity contribution in [2.45, 2.75) is 19.0 Å². The Morgan fingerprint density at radius 1 is 1.25 bits per heavy atom. The van der Waals surface area contributed by atoms with Crippen LogP contribution in [0.15, 0.2) is 30.6 Å². The van der Waals surface area contributed by atoms with Crippen LogP contribution >= 0.6 is 0 Å². The summed E-state index contributed by atoms with van der Waals surface area (Å²) in [5.41, 5.74) is -1.72. The zero-order chi connectivity index (χ0) is 20.5. The van der Waals surface area contributed by atoms with E-state index >= 15 is 0 Å². The van der Waals surface area contributed by atoms with E-state index in [0.717, 1.165) is 24.5 Å². The van der Waals surface area contributed by atoms with Crippen molar-refractivity contribution in [3.8, 4) is 11.3 Å². The number of nitro groups is 1. The molecule has 0 aliphatic carbocycles. The molecule has 0 atom stereocenters. The van der Waals surface area contributed by atoms with Gasteiger partial charge in [0.1, 0.15) is 6.33 Å². The largest absolute Gasteiger partial charge is 0.481 e. The van der Waals surface area contributed by atoms with Gasteiger partial charge >= 0.3 is 17.8 Å². The Bertz CT molecular complexity index is 912. The maximum absolute atomic E-state index is 13.0. The zero-order valence-electron chi connectivity index (χ0n) is 14.4. The third kappa shape index (κ3) is 3.87. The second-order valence-corrected chi connectivity index (χ2v) is 6.33. The standard InChI is InChI=1S/C17H15F3N4O4/c18-17(19,20)12-3-1-2-11(8-12)13-14(24(27)28)15(22-9-21-13)23-6-4-10(5-7-23)16(25)26/h1-3,8-10H,4-7H2,(H,25,26). The predicted octanol–water partition coefficient (Wildman–Crippen LogP) is 3.37. The maximum Gasteiger partial charge on any atom is 0.416 e. The van der Waals surface area contributed by atoms with Crippen LogP contribution in [0, 0.1) is 16.0 Å². The van der Waals surface area contributed by atoms with Crippen molar-refractivity contribution in [2.75, 3.05) is 18.0 Å². The van der Waals surface area contributed by atoms with Crippen LogP contribution in [0.25, 0.3) is 11.3 Å². The second kappa shape index (κ2) is 7.41. The Balaban J connectivity index is 2.02. The van der Waals surface area contributed by atoms with Gasteiger partial charge in [0.25, 0.3) is 0 Å². The van der Waals surface area contributed by atoms with Crippen molar-refractivity contribution in [3.63, 3.8) is 0 Å². The van der Waals surface area contributed by atoms with Crippen LogP contribution in [-0.4, -0.2) is 39.1 Å². The fourth-order valence-corrected chi connectivity index (χ4v) is 3.16. The summed E-state index contributed by atoms with van der Waals surface area (Å²) in [5.74, 6) is -1.50. The van der Waals surface area contributed by atoms with Gasteiger partial charge in [-0.25, -0.2) is 9.97 Å². The quantitative estimate of drug-likeness (QED) is 0.623. The third-order valence-electron chi connectivity index (χ3n) is 4.59. The van der Waals surface area contributed by atoms with Gasteiger partial charge < -0.3 is 10.0 Å². The van der Waals surface area contributed by atoms with Gasteiger partial charge in [0.2, 0.25) is 5.82 Å². The summed E-state index contributed by atoms with van der Waals surface area (Å²) < 4.78 is 39.0. The molecule has 1 aliphatic rings. The summed E-state index contributed by atoms with van der Waals surface area (Å²) in [6, 6.07) is 4.14. The van der Waals surface area contributed by atoms with E-state index in [4.69, 9.17) is 5.11 Å². The second-order valence-electron chi connectivity index (χ2n) is 6.33. The first-order valence-electron chi connectivity index (χ1n) is 8.33. The molecule has 2 heterocycles. The highest BCUT2D eigenvalue weighted by Crippen LogP contribution is 2.38. The molecule has 8 nitrogen and oxygen atoms in total. The highest BCUT2D eigenvalue weighted by molar-refractivity contribution is 5.78. The van der Waals surface area contributed by atoms with Crippen molar-refractivity contribution in [3.05, 3.63) is 46.3 Å². The van der Waals surface area contributed by atoms with Crippen molar-refractivity contribution in [1.82, 2.24) is 9.97 Å². The van der Waals surface area contributed by atoms with Gasteiger partial charge in [0.15, 0.2) is 5.69 Å². The predicted molar refractivity (Wildman–Crippen MR) is 91.7 cm³/mol. The monoisotopic (exact) mass is 396 g/mol. The molecule has 0 amide bonds. The number of nitrogens with zero attached hydrogens (tertiary/aromatic N) is 4. The number of aromatic nitrogens is 2. The lowest BCUT2D eigenvalue weighted by atomic mass is 9.97. The molecule has 0 unspecified atom stereocenters. The highest BCUT2D eigenvalue weighted by Gasteiger charge is 2.34. The SMILES string of the molecule is O=C(O)C1CCN(c2ncnc(-c3cccc(C(F)(F)F)c3)c2[N+](=O)[O-])CC1. The van der Waals surface area contributed by atoms with Crippen molar-refractivity contribution < 1.29 is 28.0 Å². The van der Waals surface area contributed by atoms with Gasteiger partial charge in [0.05, 0.1) is 16.4 Å². The number of halogens is 3. The molecule has 148 valence electrons. The number of benzene rings is 1. The molecule has 0 radical (unpaired) electrons. The van der Waals surface area contributed by atoms with Crippen LogP contribution < -0.4 is 4.90 Å². The number of carboxylic acids is 1. The van der Waals surface area contributed by atoms with Crippen molar-refractivity contribution >= 4 is 17.5 Å². The molecule has 11 heteroatoms. The lowest BCUT2D eigenvalue weighted by Crippen LogP contribution is -2.37. The molecule has 0 bridgehead atoms. The molecule has 0 spiro atoms. The minimum absolute atomic E-state index is 0.0312. The van der Waals surface area contributed by atoms with Crippen LogP contribution in [0.5, 0.6) is 0 Å². The van der Waals surface area contributed by atoms with Crippen molar-refractivity contribution in [2.24, 2.45) is 5.92 Å². The molecule has 1 fully saturated rings. The number of rotatable bonds is 4. The molecule has 1 aromatic carbocycles. The Morgan fingerprint density at radius 3 is 2.50 bits per heavy atom. The summed E-state index contributed by atoms with van der Waals surface area (Å²) in [6.07, 6.45) is -2.97. The summed E-state index contributed by atoms with van der Waals surface area (Å²) >= 11 is 0. The summed E-state index contributed by atoms with van der Waals surface area (Å²) in [4.78, 5) is 31.4. The summed E-state index contributed by atoms with van der Waals surface area (Å²) in [6.45, 7) is 0.466. The number of hydrogen-bond donors (Lipinski definition) is 1. The number of alkyl halides is 3. The molecule has 1 aromatic heterocycles. The van der Waals surface area contributed by atoms with Crippen LogP contribution in [0.4, 0.5) is 24.7 Å². The molecule has 1 aliphatic heterocycles. The number of hydrogen-bond acceptors (Lipinski definition) is 6. The molecular weight excluding hydrogens is 381 g/mol. The summed E-state index contributed by atoms with van der Waals surface area (Å²) in [5, 5.41) is 20.8. The van der Waals surface area contributed by atoms with E-state index in [2.05, 4.69) is 9.97 Å². The lowest BCUT2D eigenvalue weighted by Gasteiger charge is -2.30. The minimum Gasteiger partial charge on any atom is -0.481 e. The minimum atomic E-state index is -4.60. The number of anilines is 1. The summed E-state index contributed by atoms with van der Waals surface area (Å²) in [7, 11) is 0. The van der Waals surface area contributed by atoms with E-state index in [1.54, 1.807) is 4.90 Å². The lowest BCUT2D eigenvalue weighted by molar-refractivity contribution is -0.383. The van der Waals surface area contributed by atoms with Crippen LogP contribution in [0.3, 0.4) is 0 Å². The van der Waals surface area contributed by atoms with E-state index in [-0.39, 0.29) is 43.0 Å². The van der Waals surface area contributed by atoms with Gasteiger partial charge in [-0.15, -0.1) is 0 Å². The normalized spacial score (nSPS) is 15.5. The Morgan fingerprint density at radius 2 is 1.93 bits per heavy atom.